The van der Waals surface area contributed by atoms with Crippen molar-refractivity contribution in [3.8, 4) is 0 Å². The summed E-state index contributed by atoms with van der Waals surface area (Å²) in [6, 6.07) is 29.9. The van der Waals surface area contributed by atoms with Gasteiger partial charge in [-0.05, 0) is 52.9 Å². The first-order valence-corrected chi connectivity index (χ1v) is 13.0. The number of amides is 3. The van der Waals surface area contributed by atoms with Gasteiger partial charge < -0.3 is 21.8 Å². The lowest BCUT2D eigenvalue weighted by atomic mass is 9.89. The fourth-order valence-corrected chi connectivity index (χ4v) is 4.62. The molecule has 1 atom stereocenters. The Morgan fingerprint density at radius 2 is 1.41 bits per heavy atom. The van der Waals surface area contributed by atoms with Gasteiger partial charge in [0.25, 0.3) is 5.91 Å². The van der Waals surface area contributed by atoms with Gasteiger partial charge in [-0.1, -0.05) is 84.9 Å². The van der Waals surface area contributed by atoms with Gasteiger partial charge in [0.1, 0.15) is 12.4 Å². The quantitative estimate of drug-likeness (QED) is 0.0836. The summed E-state index contributed by atoms with van der Waals surface area (Å²) in [7, 11) is 0. The number of nitrogens with one attached hydrogen (secondary N) is 3. The van der Waals surface area contributed by atoms with Crippen molar-refractivity contribution < 1.29 is 14.4 Å². The van der Waals surface area contributed by atoms with E-state index in [2.05, 4.69) is 21.1 Å². The van der Waals surface area contributed by atoms with Crippen molar-refractivity contribution in [1.29, 1.82) is 0 Å². The number of aliphatic imine (C=N–C) groups is 1. The Morgan fingerprint density at radius 1 is 0.805 bits per heavy atom. The molecule has 7 N–H and O–H groups in total. The average Bonchev–Trinajstić information content (AvgIpc) is 2.97. The largest absolute Gasteiger partial charge is 0.369 e. The minimum Gasteiger partial charge on any atom is -0.369 e. The maximum absolute atomic E-state index is 14.0. The molecule has 0 bridgehead atoms. The number of anilines is 1. The average molecular weight is 549 g/mol. The number of rotatable bonds is 11. The number of carbonyl (C=O) groups excluding carboxylic acids is 3. The third kappa shape index (κ3) is 7.43. The summed E-state index contributed by atoms with van der Waals surface area (Å²) in [5, 5.41) is 5.90. The first-order valence-electron chi connectivity index (χ1n) is 13.0. The number of hydrazine groups is 1. The second kappa shape index (κ2) is 13.7. The minimum absolute atomic E-state index is 0.0947. The lowest BCUT2D eigenvalue weighted by Crippen LogP contribution is -2.40. The second-order valence-corrected chi connectivity index (χ2v) is 9.44. The van der Waals surface area contributed by atoms with E-state index in [0.717, 1.165) is 16.7 Å². The molecule has 0 saturated carbocycles. The Bertz CT molecular complexity index is 1480. The Hall–Kier alpha value is -5.28. The van der Waals surface area contributed by atoms with Crippen molar-refractivity contribution in [2.45, 2.75) is 25.3 Å². The van der Waals surface area contributed by atoms with Crippen LogP contribution in [-0.4, -0.2) is 24.1 Å². The number of nitrogens with two attached hydrogens (primary N) is 2. The van der Waals surface area contributed by atoms with Gasteiger partial charge in [0.15, 0.2) is 0 Å². The monoisotopic (exact) mass is 548 g/mol. The van der Waals surface area contributed by atoms with Crippen LogP contribution in [0.2, 0.25) is 0 Å². The predicted molar refractivity (Wildman–Crippen MR) is 160 cm³/mol. The van der Waals surface area contributed by atoms with Crippen molar-refractivity contribution >= 4 is 35.4 Å². The minimum atomic E-state index is -1.05. The summed E-state index contributed by atoms with van der Waals surface area (Å²) in [5.74, 6) is 3.49. The number of hydrogen-bond donors (Lipinski definition) is 5. The van der Waals surface area contributed by atoms with Gasteiger partial charge in [-0.25, -0.2) is 10.8 Å². The standard InChI is InChI=1S/C32H32N6O3/c1-21-26(13-8-14-27(21)35-20-36-34)30(32(41)37-25-17-15-22(16-18-25)19-28(33)39)38-31(40)29(23-9-4-2-5-10-23)24-11-6-3-7-12-24/h2-18,20,29-30H,19,34H2,1H3,(H2,33,39)(H,35,36)(H,37,41)(H,38,40). The second-order valence-electron chi connectivity index (χ2n) is 9.44. The number of nitrogens with zero attached hydrogens (tertiary/aromatic N) is 1. The van der Waals surface area contributed by atoms with E-state index >= 15 is 0 Å². The van der Waals surface area contributed by atoms with Gasteiger partial charge >= 0.3 is 0 Å². The molecule has 4 aromatic carbocycles. The molecule has 0 aliphatic heterocycles. The Labute approximate surface area is 238 Å². The van der Waals surface area contributed by atoms with E-state index in [9.17, 15) is 14.4 Å². The SMILES string of the molecule is Cc1c(N=CNN)cccc1C(NC(=O)C(c1ccccc1)c1ccccc1)C(=O)Nc1ccc(CC(N)=O)cc1. The summed E-state index contributed by atoms with van der Waals surface area (Å²) in [4.78, 5) is 43.4. The molecule has 0 saturated heterocycles. The van der Waals surface area contributed by atoms with Crippen molar-refractivity contribution in [3.05, 3.63) is 131 Å². The summed E-state index contributed by atoms with van der Waals surface area (Å²) < 4.78 is 0. The summed E-state index contributed by atoms with van der Waals surface area (Å²) >= 11 is 0. The normalized spacial score (nSPS) is 11.7. The van der Waals surface area contributed by atoms with Crippen LogP contribution in [0.5, 0.6) is 0 Å². The number of carbonyl (C=O) groups is 3. The van der Waals surface area contributed by atoms with Gasteiger partial charge in [-0.3, -0.25) is 14.4 Å². The molecule has 0 aliphatic rings. The molecule has 9 heteroatoms. The van der Waals surface area contributed by atoms with Crippen LogP contribution >= 0.6 is 0 Å². The van der Waals surface area contributed by atoms with Gasteiger partial charge in [0.05, 0.1) is 18.0 Å². The molecule has 208 valence electrons. The van der Waals surface area contributed by atoms with Crippen LogP contribution in [0.3, 0.4) is 0 Å². The lowest BCUT2D eigenvalue weighted by Gasteiger charge is -2.25. The van der Waals surface area contributed by atoms with Crippen molar-refractivity contribution in [1.82, 2.24) is 10.7 Å². The summed E-state index contributed by atoms with van der Waals surface area (Å²) in [5.41, 5.74) is 12.4. The predicted octanol–water partition coefficient (Wildman–Crippen LogP) is 3.77. The zero-order valence-electron chi connectivity index (χ0n) is 22.6. The molecule has 0 aromatic heterocycles. The van der Waals surface area contributed by atoms with Crippen molar-refractivity contribution in [3.63, 3.8) is 0 Å². The molecule has 9 nitrogen and oxygen atoms in total. The fourth-order valence-electron chi connectivity index (χ4n) is 4.62. The van der Waals surface area contributed by atoms with E-state index in [-0.39, 0.29) is 12.3 Å². The first kappa shape index (κ1) is 28.7. The van der Waals surface area contributed by atoms with E-state index in [1.54, 1.807) is 42.5 Å². The topological polar surface area (TPSA) is 152 Å². The highest BCUT2D eigenvalue weighted by Gasteiger charge is 2.30. The van der Waals surface area contributed by atoms with Gasteiger partial charge in [0, 0.05) is 5.69 Å². The Balaban J connectivity index is 1.71. The van der Waals surface area contributed by atoms with Crippen LogP contribution in [0.15, 0.2) is 108 Å². The van der Waals surface area contributed by atoms with Crippen LogP contribution in [-0.2, 0) is 20.8 Å². The molecule has 4 aromatic rings. The maximum atomic E-state index is 14.0. The third-order valence-electron chi connectivity index (χ3n) is 6.61. The number of hydrogen-bond acceptors (Lipinski definition) is 5. The Morgan fingerprint density at radius 3 is 1.98 bits per heavy atom. The van der Waals surface area contributed by atoms with E-state index < -0.39 is 23.8 Å². The molecule has 0 aliphatic carbocycles. The van der Waals surface area contributed by atoms with Gasteiger partial charge in [0.2, 0.25) is 11.8 Å². The van der Waals surface area contributed by atoms with Crippen molar-refractivity contribution in [2.24, 2.45) is 16.6 Å². The number of primary amides is 1. The van der Waals surface area contributed by atoms with Crippen LogP contribution in [0.1, 0.15) is 39.8 Å². The maximum Gasteiger partial charge on any atom is 0.251 e. The smallest absolute Gasteiger partial charge is 0.251 e. The molecular formula is C32H32N6O3. The highest BCUT2D eigenvalue weighted by molar-refractivity contribution is 5.99. The molecule has 0 spiro atoms. The van der Waals surface area contributed by atoms with E-state index in [1.807, 2.05) is 67.6 Å². The highest BCUT2D eigenvalue weighted by atomic mass is 16.2. The Kier molecular flexibility index (Phi) is 9.58. The first-order chi connectivity index (χ1) is 19.9. The summed E-state index contributed by atoms with van der Waals surface area (Å²) in [6.45, 7) is 1.83. The summed E-state index contributed by atoms with van der Waals surface area (Å²) in [6.07, 6.45) is 1.44. The van der Waals surface area contributed by atoms with Crippen molar-refractivity contribution in [2.75, 3.05) is 5.32 Å². The zero-order chi connectivity index (χ0) is 29.2. The molecule has 1 unspecified atom stereocenters. The molecule has 0 heterocycles. The fraction of sp³-hybridized carbons (Fsp3) is 0.125. The third-order valence-corrected chi connectivity index (χ3v) is 6.61. The van der Waals surface area contributed by atoms with Crippen LogP contribution in [0.25, 0.3) is 0 Å². The highest BCUT2D eigenvalue weighted by Crippen LogP contribution is 2.30. The van der Waals surface area contributed by atoms with Crippen LogP contribution < -0.4 is 27.6 Å². The molecule has 3 amide bonds. The zero-order valence-corrected chi connectivity index (χ0v) is 22.6. The molecular weight excluding hydrogens is 516 g/mol. The molecule has 0 fully saturated rings. The van der Waals surface area contributed by atoms with Crippen LogP contribution in [0, 0.1) is 6.92 Å². The van der Waals surface area contributed by atoms with Gasteiger partial charge in [-0.15, -0.1) is 0 Å². The molecule has 0 radical (unpaired) electrons. The lowest BCUT2D eigenvalue weighted by molar-refractivity contribution is -0.127. The molecule has 4 rings (SSSR count). The van der Waals surface area contributed by atoms with Crippen LogP contribution in [0.4, 0.5) is 11.4 Å². The van der Waals surface area contributed by atoms with E-state index in [0.29, 0.717) is 22.5 Å². The molecule has 41 heavy (non-hydrogen) atoms. The van der Waals surface area contributed by atoms with E-state index in [1.165, 1.54) is 6.34 Å². The van der Waals surface area contributed by atoms with E-state index in [4.69, 9.17) is 11.6 Å². The number of benzene rings is 4. The van der Waals surface area contributed by atoms with Gasteiger partial charge in [-0.2, -0.15) is 0 Å².